The lowest BCUT2D eigenvalue weighted by Gasteiger charge is -2.11. The number of carbonyl (C=O) groups is 2. The summed E-state index contributed by atoms with van der Waals surface area (Å²) >= 11 is 0. The molecule has 2 amide bonds. The van der Waals surface area contributed by atoms with Gasteiger partial charge in [0.1, 0.15) is 0 Å². The Morgan fingerprint density at radius 2 is 1.82 bits per heavy atom. The van der Waals surface area contributed by atoms with Crippen LogP contribution in [0.4, 0.5) is 0 Å². The van der Waals surface area contributed by atoms with Gasteiger partial charge in [0.05, 0.1) is 6.42 Å². The van der Waals surface area contributed by atoms with Crippen molar-refractivity contribution >= 4 is 17.5 Å². The topological polar surface area (TPSA) is 70.6 Å². The summed E-state index contributed by atoms with van der Waals surface area (Å²) in [5, 5.41) is 6.71. The highest BCUT2D eigenvalue weighted by atomic mass is 16.2. The lowest BCUT2D eigenvalue weighted by Crippen LogP contribution is -2.33. The van der Waals surface area contributed by atoms with E-state index < -0.39 is 0 Å². The van der Waals surface area contributed by atoms with Gasteiger partial charge in [-0.15, -0.1) is 0 Å². The Morgan fingerprint density at radius 3 is 2.29 bits per heavy atom. The van der Waals surface area contributed by atoms with Crippen LogP contribution in [0.15, 0.2) is 5.10 Å². The van der Waals surface area contributed by atoms with Crippen LogP contribution in [0.3, 0.4) is 0 Å². The van der Waals surface area contributed by atoms with Crippen molar-refractivity contribution in [3.63, 3.8) is 0 Å². The van der Waals surface area contributed by atoms with Gasteiger partial charge in [-0.05, 0) is 20.3 Å². The van der Waals surface area contributed by atoms with Crippen LogP contribution < -0.4 is 10.7 Å². The first kappa shape index (κ1) is 15.6. The maximum Gasteiger partial charge on any atom is 0.242 e. The maximum absolute atomic E-state index is 11.5. The second-order valence-electron chi connectivity index (χ2n) is 4.53. The van der Waals surface area contributed by atoms with Gasteiger partial charge in [-0.1, -0.05) is 20.8 Å². The van der Waals surface area contributed by atoms with Crippen molar-refractivity contribution in [2.24, 2.45) is 11.0 Å². The van der Waals surface area contributed by atoms with Gasteiger partial charge in [-0.3, -0.25) is 9.59 Å². The number of rotatable bonds is 6. The monoisotopic (exact) mass is 241 g/mol. The Morgan fingerprint density at radius 1 is 1.24 bits per heavy atom. The minimum Gasteiger partial charge on any atom is -0.353 e. The van der Waals surface area contributed by atoms with Crippen LogP contribution >= 0.6 is 0 Å². The number of nitrogens with zero attached hydrogens (tertiary/aromatic N) is 1. The van der Waals surface area contributed by atoms with Crippen molar-refractivity contribution in [1.82, 2.24) is 10.7 Å². The van der Waals surface area contributed by atoms with Gasteiger partial charge in [-0.2, -0.15) is 5.10 Å². The Bertz CT molecular complexity index is 298. The van der Waals surface area contributed by atoms with Crippen LogP contribution in [-0.4, -0.2) is 23.6 Å². The Hall–Kier alpha value is -1.39. The molecule has 2 N–H and O–H groups in total. The number of hydrogen-bond acceptors (Lipinski definition) is 3. The molecule has 0 aromatic carbocycles. The summed E-state index contributed by atoms with van der Waals surface area (Å²) in [5.74, 6) is -0.327. The molecule has 17 heavy (non-hydrogen) atoms. The molecule has 0 aliphatic rings. The highest BCUT2D eigenvalue weighted by Crippen LogP contribution is 1.93. The highest BCUT2D eigenvalue weighted by molar-refractivity contribution is 6.00. The molecule has 0 bridgehead atoms. The fourth-order valence-electron chi connectivity index (χ4n) is 0.979. The third-order valence-corrected chi connectivity index (χ3v) is 2.32. The first-order valence-corrected chi connectivity index (χ1v) is 5.99. The summed E-state index contributed by atoms with van der Waals surface area (Å²) in [6, 6.07) is 0.167. The van der Waals surface area contributed by atoms with E-state index in [1.165, 1.54) is 0 Å². The third-order valence-electron chi connectivity index (χ3n) is 2.32. The zero-order valence-corrected chi connectivity index (χ0v) is 11.3. The molecule has 5 heteroatoms. The van der Waals surface area contributed by atoms with Crippen LogP contribution in [0, 0.1) is 5.92 Å². The van der Waals surface area contributed by atoms with Gasteiger partial charge in [-0.25, -0.2) is 5.43 Å². The molecule has 0 fully saturated rings. The van der Waals surface area contributed by atoms with Crippen molar-refractivity contribution in [2.75, 3.05) is 0 Å². The van der Waals surface area contributed by atoms with Gasteiger partial charge < -0.3 is 5.32 Å². The van der Waals surface area contributed by atoms with Gasteiger partial charge in [0, 0.05) is 17.7 Å². The van der Waals surface area contributed by atoms with Crippen molar-refractivity contribution < 1.29 is 9.59 Å². The third kappa shape index (κ3) is 7.49. The number of carbonyl (C=O) groups excluding carboxylic acids is 2. The first-order chi connectivity index (χ1) is 7.86. The maximum atomic E-state index is 11.5. The fourth-order valence-corrected chi connectivity index (χ4v) is 0.979. The number of amides is 2. The largest absolute Gasteiger partial charge is 0.353 e. The average molecular weight is 241 g/mol. The predicted molar refractivity (Wildman–Crippen MR) is 68.6 cm³/mol. The predicted octanol–water partition coefficient (Wildman–Crippen LogP) is 1.44. The molecule has 0 spiro atoms. The number of hydrogen-bond donors (Lipinski definition) is 2. The first-order valence-electron chi connectivity index (χ1n) is 5.99. The summed E-state index contributed by atoms with van der Waals surface area (Å²) in [7, 11) is 0. The molecule has 0 rings (SSSR count). The number of hydrazone groups is 1. The summed E-state index contributed by atoms with van der Waals surface area (Å²) in [6.07, 6.45) is 1.11. The lowest BCUT2D eigenvalue weighted by atomic mass is 10.2. The second kappa shape index (κ2) is 7.81. The van der Waals surface area contributed by atoms with E-state index in [2.05, 4.69) is 15.8 Å². The van der Waals surface area contributed by atoms with E-state index in [0.717, 1.165) is 6.42 Å². The molecular formula is C12H23N3O2. The van der Waals surface area contributed by atoms with Crippen LogP contribution in [-0.2, 0) is 9.59 Å². The quantitative estimate of drug-likeness (QED) is 0.545. The zero-order chi connectivity index (χ0) is 13.4. The summed E-state index contributed by atoms with van der Waals surface area (Å²) in [4.78, 5) is 22.7. The van der Waals surface area contributed by atoms with Gasteiger partial charge in [0.25, 0.3) is 0 Å². The summed E-state index contributed by atoms with van der Waals surface area (Å²) in [6.45, 7) is 9.25. The minimum atomic E-state index is -0.147. The summed E-state index contributed by atoms with van der Waals surface area (Å²) < 4.78 is 0. The normalized spacial score (nSPS) is 13.4. The molecule has 0 aromatic rings. The average Bonchev–Trinajstić information content (AvgIpc) is 2.25. The Kier molecular flexibility index (Phi) is 7.18. The molecule has 1 unspecified atom stereocenters. The molecule has 0 saturated heterocycles. The van der Waals surface area contributed by atoms with E-state index in [-0.39, 0.29) is 30.2 Å². The zero-order valence-electron chi connectivity index (χ0n) is 11.3. The molecule has 0 aliphatic carbocycles. The lowest BCUT2D eigenvalue weighted by molar-refractivity contribution is -0.124. The highest BCUT2D eigenvalue weighted by Gasteiger charge is 2.08. The summed E-state index contributed by atoms with van der Waals surface area (Å²) in [5.41, 5.74) is 3.02. The van der Waals surface area contributed by atoms with E-state index in [1.807, 2.05) is 13.8 Å². The van der Waals surface area contributed by atoms with Gasteiger partial charge in [0.15, 0.2) is 0 Å². The SMILES string of the molecule is CCC(C)NC(=O)CC(C)=NNC(=O)C(C)C. The van der Waals surface area contributed by atoms with E-state index in [0.29, 0.717) is 5.71 Å². The standard InChI is InChI=1S/C12H23N3O2/c1-6-9(4)13-11(16)7-10(5)14-15-12(17)8(2)3/h8-9H,6-7H2,1-5H3,(H,13,16)(H,15,17). The van der Waals surface area contributed by atoms with Crippen molar-refractivity contribution in [3.05, 3.63) is 0 Å². The molecule has 5 nitrogen and oxygen atoms in total. The fraction of sp³-hybridized carbons (Fsp3) is 0.750. The molecule has 0 aliphatic heterocycles. The van der Waals surface area contributed by atoms with E-state index in [1.54, 1.807) is 20.8 Å². The Balaban J connectivity index is 4.07. The van der Waals surface area contributed by atoms with Crippen LogP contribution in [0.5, 0.6) is 0 Å². The Labute approximate surface area is 103 Å². The molecule has 1 atom stereocenters. The molecule has 98 valence electrons. The van der Waals surface area contributed by atoms with Crippen LogP contribution in [0.2, 0.25) is 0 Å². The van der Waals surface area contributed by atoms with E-state index in [9.17, 15) is 9.59 Å². The molecule has 0 saturated carbocycles. The number of nitrogens with one attached hydrogen (secondary N) is 2. The van der Waals surface area contributed by atoms with Gasteiger partial charge >= 0.3 is 0 Å². The molecule has 0 radical (unpaired) electrons. The molecular weight excluding hydrogens is 218 g/mol. The van der Waals surface area contributed by atoms with Crippen LogP contribution in [0.25, 0.3) is 0 Å². The smallest absolute Gasteiger partial charge is 0.242 e. The second-order valence-corrected chi connectivity index (χ2v) is 4.53. The van der Waals surface area contributed by atoms with Gasteiger partial charge in [0.2, 0.25) is 11.8 Å². The molecule has 0 heterocycles. The van der Waals surface area contributed by atoms with Crippen molar-refractivity contribution in [2.45, 2.75) is 53.5 Å². The van der Waals surface area contributed by atoms with E-state index >= 15 is 0 Å². The van der Waals surface area contributed by atoms with Crippen molar-refractivity contribution in [3.8, 4) is 0 Å². The van der Waals surface area contributed by atoms with Crippen LogP contribution in [0.1, 0.15) is 47.5 Å². The van der Waals surface area contributed by atoms with Crippen molar-refractivity contribution in [1.29, 1.82) is 0 Å². The minimum absolute atomic E-state index is 0.0700. The van der Waals surface area contributed by atoms with E-state index in [4.69, 9.17) is 0 Å². The molecule has 0 aromatic heterocycles.